The molecule has 1 fully saturated rings. The van der Waals surface area contributed by atoms with Gasteiger partial charge < -0.3 is 9.80 Å². The van der Waals surface area contributed by atoms with Crippen molar-refractivity contribution >= 4 is 22.8 Å². The molecule has 42 heavy (non-hydrogen) atoms. The van der Waals surface area contributed by atoms with E-state index in [1.54, 1.807) is 17.3 Å². The average molecular weight is 572 g/mol. The summed E-state index contributed by atoms with van der Waals surface area (Å²) in [6.07, 6.45) is 7.87. The van der Waals surface area contributed by atoms with E-state index in [1.807, 2.05) is 38.7 Å². The summed E-state index contributed by atoms with van der Waals surface area (Å²) >= 11 is 0. The largest absolute Gasteiger partial charge is 0.355 e. The smallest absolute Gasteiger partial charge is 0.349 e. The van der Waals surface area contributed by atoms with Crippen molar-refractivity contribution in [2.45, 2.75) is 71.4 Å². The average Bonchev–Trinajstić information content (AvgIpc) is 3.44. The standard InChI is InChI=1S/C30H34FN9O2/c1-6-24(41)37-14-19(5)38(15-18(37)4)27-22-13-23(31)29-33-28(22)40(30(42)34-27)26-20(11-12-32-25(26)17(2)3)9-7-8-10-21-16-39(29)36-35-21/h6,11-13,16-19H,1,7-10,14-15H2,2-5H3/t18-,19+/m1/s1. The Morgan fingerprint density at radius 3 is 2.67 bits per heavy atom. The molecular formula is C30H34FN9O2. The third-order valence-electron chi connectivity index (χ3n) is 8.19. The minimum absolute atomic E-state index is 0.00553. The Kier molecular flexibility index (Phi) is 7.07. The molecule has 0 aliphatic carbocycles. The van der Waals surface area contributed by atoms with Crippen LogP contribution in [0.3, 0.4) is 0 Å². The Hall–Kier alpha value is -4.48. The first-order valence-corrected chi connectivity index (χ1v) is 14.4. The van der Waals surface area contributed by atoms with E-state index < -0.39 is 11.5 Å². The Labute approximate surface area is 242 Å². The second-order valence-electron chi connectivity index (χ2n) is 11.5. The first-order valence-electron chi connectivity index (χ1n) is 14.4. The van der Waals surface area contributed by atoms with Gasteiger partial charge in [-0.15, -0.1) is 5.10 Å². The Bertz CT molecular complexity index is 1760. The quantitative estimate of drug-likeness (QED) is 0.343. The lowest BCUT2D eigenvalue weighted by molar-refractivity contribution is -0.128. The number of fused-ring (bicyclic) bond motifs is 6. The monoisotopic (exact) mass is 571 g/mol. The number of nitrogens with zero attached hydrogens (tertiary/aromatic N) is 9. The fourth-order valence-electron chi connectivity index (χ4n) is 6.06. The van der Waals surface area contributed by atoms with Gasteiger partial charge in [0.25, 0.3) is 0 Å². The summed E-state index contributed by atoms with van der Waals surface area (Å²) < 4.78 is 18.7. The van der Waals surface area contributed by atoms with Gasteiger partial charge in [-0.25, -0.2) is 18.7 Å². The van der Waals surface area contributed by atoms with Crippen LogP contribution in [0.2, 0.25) is 0 Å². The maximum Gasteiger partial charge on any atom is 0.355 e. The molecule has 0 aromatic carbocycles. The number of hydrogen-bond acceptors (Lipinski definition) is 8. The van der Waals surface area contributed by atoms with E-state index in [-0.39, 0.29) is 35.4 Å². The topological polar surface area (TPSA) is 115 Å². The highest BCUT2D eigenvalue weighted by atomic mass is 19.1. The van der Waals surface area contributed by atoms with Gasteiger partial charge in [-0.2, -0.15) is 9.67 Å². The molecule has 6 heterocycles. The lowest BCUT2D eigenvalue weighted by Gasteiger charge is -2.44. The molecule has 2 aliphatic heterocycles. The van der Waals surface area contributed by atoms with Gasteiger partial charge in [0.15, 0.2) is 17.3 Å². The molecule has 0 radical (unpaired) electrons. The number of hydrogen-bond donors (Lipinski definition) is 0. The molecule has 4 aromatic heterocycles. The van der Waals surface area contributed by atoms with Crippen LogP contribution in [0.15, 0.2) is 42.0 Å². The molecule has 2 atom stereocenters. The van der Waals surface area contributed by atoms with Crippen molar-refractivity contribution in [3.05, 3.63) is 70.4 Å². The molecule has 11 nitrogen and oxygen atoms in total. The zero-order valence-electron chi connectivity index (χ0n) is 24.3. The zero-order chi connectivity index (χ0) is 29.7. The highest BCUT2D eigenvalue weighted by Gasteiger charge is 2.34. The van der Waals surface area contributed by atoms with E-state index in [0.717, 1.165) is 29.8 Å². The fraction of sp³-hybridized carbons (Fsp3) is 0.433. The predicted molar refractivity (Wildman–Crippen MR) is 157 cm³/mol. The summed E-state index contributed by atoms with van der Waals surface area (Å²) in [5.41, 5.74) is 2.82. The summed E-state index contributed by atoms with van der Waals surface area (Å²) in [5.74, 6) is -0.487. The molecule has 1 saturated heterocycles. The Morgan fingerprint density at radius 1 is 1.12 bits per heavy atom. The Morgan fingerprint density at radius 2 is 1.90 bits per heavy atom. The minimum Gasteiger partial charge on any atom is -0.349 e. The second-order valence-corrected chi connectivity index (χ2v) is 11.5. The third-order valence-corrected chi connectivity index (χ3v) is 8.19. The van der Waals surface area contributed by atoms with Crippen molar-refractivity contribution in [2.24, 2.45) is 0 Å². The van der Waals surface area contributed by atoms with Crippen molar-refractivity contribution in [3.8, 4) is 11.5 Å². The summed E-state index contributed by atoms with van der Waals surface area (Å²) in [7, 11) is 0. The number of amides is 1. The number of pyridine rings is 2. The van der Waals surface area contributed by atoms with E-state index in [2.05, 4.69) is 26.9 Å². The summed E-state index contributed by atoms with van der Waals surface area (Å²) in [6, 6.07) is 2.92. The van der Waals surface area contributed by atoms with Gasteiger partial charge in [0.05, 0.1) is 28.7 Å². The SMILES string of the molecule is C=CC(=O)N1C[C@H](C)N(c2nc(=O)n3c4nc(c(F)cc24)-n2cc(nn2)CCCCc2ccnc(C(C)C)c2-3)C[C@H]1C. The maximum absolute atomic E-state index is 15.9. The molecule has 4 aromatic rings. The van der Waals surface area contributed by atoms with Gasteiger partial charge in [0.1, 0.15) is 5.82 Å². The van der Waals surface area contributed by atoms with Crippen LogP contribution in [0.1, 0.15) is 63.4 Å². The van der Waals surface area contributed by atoms with Crippen LogP contribution in [0.4, 0.5) is 10.2 Å². The fourth-order valence-corrected chi connectivity index (χ4v) is 6.06. The van der Waals surface area contributed by atoms with Crippen LogP contribution < -0.4 is 10.6 Å². The number of aryl methyl sites for hydroxylation is 2. The number of halogens is 1. The Balaban J connectivity index is 1.65. The molecule has 2 aliphatic rings. The number of carbonyl (C=O) groups excluding carboxylic acids is 1. The number of aromatic nitrogens is 7. The van der Waals surface area contributed by atoms with Gasteiger partial charge in [-0.05, 0) is 69.2 Å². The van der Waals surface area contributed by atoms with Crippen molar-refractivity contribution in [3.63, 3.8) is 0 Å². The van der Waals surface area contributed by atoms with Crippen LogP contribution in [0, 0.1) is 5.82 Å². The third kappa shape index (κ3) is 4.64. The molecule has 4 bridgehead atoms. The summed E-state index contributed by atoms with van der Waals surface area (Å²) in [5, 5.41) is 8.77. The first-order chi connectivity index (χ1) is 20.2. The molecule has 0 spiro atoms. The van der Waals surface area contributed by atoms with E-state index >= 15 is 4.39 Å². The van der Waals surface area contributed by atoms with Crippen LogP contribution in [0.5, 0.6) is 0 Å². The van der Waals surface area contributed by atoms with Gasteiger partial charge in [0.2, 0.25) is 5.91 Å². The van der Waals surface area contributed by atoms with Gasteiger partial charge in [0, 0.05) is 31.4 Å². The minimum atomic E-state index is -0.612. The molecule has 0 N–H and O–H groups in total. The van der Waals surface area contributed by atoms with Gasteiger partial charge >= 0.3 is 5.69 Å². The summed E-state index contributed by atoms with van der Waals surface area (Å²) in [6.45, 7) is 12.4. The maximum atomic E-state index is 15.9. The molecule has 0 saturated carbocycles. The molecule has 218 valence electrons. The number of rotatable bonds is 3. The lowest BCUT2D eigenvalue weighted by Crippen LogP contribution is -2.58. The highest BCUT2D eigenvalue weighted by Crippen LogP contribution is 2.33. The zero-order valence-corrected chi connectivity index (χ0v) is 24.3. The molecule has 12 heteroatoms. The highest BCUT2D eigenvalue weighted by molar-refractivity contribution is 5.90. The van der Waals surface area contributed by atoms with E-state index in [4.69, 9.17) is 4.98 Å². The van der Waals surface area contributed by atoms with Crippen molar-refractivity contribution in [2.75, 3.05) is 18.0 Å². The summed E-state index contributed by atoms with van der Waals surface area (Å²) in [4.78, 5) is 44.3. The first kappa shape index (κ1) is 27.7. The van der Waals surface area contributed by atoms with Crippen molar-refractivity contribution < 1.29 is 9.18 Å². The second kappa shape index (κ2) is 10.7. The number of carbonyl (C=O) groups is 1. The molecule has 6 rings (SSSR count). The van der Waals surface area contributed by atoms with Crippen molar-refractivity contribution in [1.29, 1.82) is 0 Å². The van der Waals surface area contributed by atoms with Crippen molar-refractivity contribution in [1.82, 2.24) is 39.4 Å². The van der Waals surface area contributed by atoms with Crippen LogP contribution in [0.25, 0.3) is 22.5 Å². The number of anilines is 1. The van der Waals surface area contributed by atoms with Gasteiger partial charge in [-0.1, -0.05) is 25.6 Å². The normalized spacial score (nSPS) is 18.9. The predicted octanol–water partition coefficient (Wildman–Crippen LogP) is 3.51. The molecular weight excluding hydrogens is 537 g/mol. The molecule has 0 unspecified atom stereocenters. The van der Waals surface area contributed by atoms with E-state index in [1.165, 1.54) is 21.4 Å². The number of piperazine rings is 1. The van der Waals surface area contributed by atoms with Crippen LogP contribution in [-0.4, -0.2) is 70.5 Å². The van der Waals surface area contributed by atoms with Gasteiger partial charge in [-0.3, -0.25) is 9.78 Å². The van der Waals surface area contributed by atoms with E-state index in [9.17, 15) is 9.59 Å². The lowest BCUT2D eigenvalue weighted by atomic mass is 9.99. The van der Waals surface area contributed by atoms with Crippen LogP contribution in [-0.2, 0) is 17.6 Å². The van der Waals surface area contributed by atoms with Crippen LogP contribution >= 0.6 is 0 Å². The van der Waals surface area contributed by atoms with E-state index in [0.29, 0.717) is 42.8 Å². The molecule has 1 amide bonds.